The van der Waals surface area contributed by atoms with Crippen LogP contribution in [0.1, 0.15) is 27.2 Å². The van der Waals surface area contributed by atoms with Crippen molar-refractivity contribution in [3.05, 3.63) is 0 Å². The Morgan fingerprint density at radius 1 is 1.32 bits per heavy atom. The Kier molecular flexibility index (Phi) is 3.71. The quantitative estimate of drug-likeness (QED) is 0.779. The van der Waals surface area contributed by atoms with Crippen LogP contribution in [0, 0.1) is 11.8 Å². The highest BCUT2D eigenvalue weighted by Gasteiger charge is 2.46. The summed E-state index contributed by atoms with van der Waals surface area (Å²) in [6.45, 7) is 6.64. The van der Waals surface area contributed by atoms with Crippen LogP contribution in [0.15, 0.2) is 0 Å². The number of aliphatic carboxylic acids is 1. The fraction of sp³-hybridized carbons (Fsp3) is 0.846. The van der Waals surface area contributed by atoms with Crippen LogP contribution in [0.2, 0.25) is 0 Å². The maximum absolute atomic E-state index is 12.0. The number of fused-ring (bicyclic) bond motifs is 1. The molecule has 2 saturated heterocycles. The van der Waals surface area contributed by atoms with E-state index in [0.717, 1.165) is 6.42 Å². The minimum absolute atomic E-state index is 0.0994. The second kappa shape index (κ2) is 5.00. The predicted molar refractivity (Wildman–Crippen MR) is 66.8 cm³/mol. The van der Waals surface area contributed by atoms with Crippen molar-refractivity contribution in [2.24, 2.45) is 11.8 Å². The summed E-state index contributed by atoms with van der Waals surface area (Å²) in [5.74, 6) is -1.47. The van der Waals surface area contributed by atoms with Crippen LogP contribution in [0.4, 0.5) is 4.79 Å². The molecule has 0 aromatic rings. The summed E-state index contributed by atoms with van der Waals surface area (Å²) in [6, 6.07) is 0. The fourth-order valence-electron chi connectivity index (χ4n) is 2.69. The third kappa shape index (κ3) is 3.18. The zero-order valence-electron chi connectivity index (χ0n) is 11.6. The molecule has 2 aliphatic rings. The van der Waals surface area contributed by atoms with E-state index in [1.54, 1.807) is 20.8 Å². The first-order valence-corrected chi connectivity index (χ1v) is 6.60. The topological polar surface area (TPSA) is 76.1 Å². The van der Waals surface area contributed by atoms with Gasteiger partial charge in [0.2, 0.25) is 0 Å². The molecule has 6 heteroatoms. The first-order valence-electron chi connectivity index (χ1n) is 6.60. The number of carboxylic acids is 1. The molecule has 0 bridgehead atoms. The smallest absolute Gasteiger partial charge is 0.410 e. The lowest BCUT2D eigenvalue weighted by Crippen LogP contribution is -2.53. The number of amides is 1. The van der Waals surface area contributed by atoms with E-state index in [4.69, 9.17) is 9.47 Å². The standard InChI is InChI=1S/C13H21NO5/c1-13(2,3)19-12(17)14-6-8-4-5-18-10(8)9(7-14)11(15)16/h8-10H,4-7H2,1-3H3,(H,15,16)/t8-,9+,10+/m0/s1. The second-order valence-corrected chi connectivity index (χ2v) is 6.21. The lowest BCUT2D eigenvalue weighted by molar-refractivity contribution is -0.150. The molecule has 108 valence electrons. The summed E-state index contributed by atoms with van der Waals surface area (Å²) >= 11 is 0. The Bertz CT molecular complexity index is 376. The molecular weight excluding hydrogens is 250 g/mol. The lowest BCUT2D eigenvalue weighted by atomic mass is 9.86. The molecule has 2 aliphatic heterocycles. The first-order chi connectivity index (χ1) is 8.78. The molecule has 0 unspecified atom stereocenters. The number of likely N-dealkylation sites (tertiary alicyclic amines) is 1. The van der Waals surface area contributed by atoms with Gasteiger partial charge in [0.25, 0.3) is 0 Å². The van der Waals surface area contributed by atoms with Crippen molar-refractivity contribution in [3.63, 3.8) is 0 Å². The highest BCUT2D eigenvalue weighted by atomic mass is 16.6. The Morgan fingerprint density at radius 2 is 2.00 bits per heavy atom. The molecule has 0 aliphatic carbocycles. The number of piperidine rings is 1. The van der Waals surface area contributed by atoms with Crippen molar-refractivity contribution in [2.45, 2.75) is 38.9 Å². The van der Waals surface area contributed by atoms with E-state index in [1.807, 2.05) is 0 Å². The normalized spacial score (nSPS) is 30.9. The van der Waals surface area contributed by atoms with Gasteiger partial charge in [0.05, 0.1) is 6.10 Å². The number of hydrogen-bond donors (Lipinski definition) is 1. The summed E-state index contributed by atoms with van der Waals surface area (Å²) in [5.41, 5.74) is -0.571. The van der Waals surface area contributed by atoms with Crippen molar-refractivity contribution in [2.75, 3.05) is 19.7 Å². The van der Waals surface area contributed by atoms with Gasteiger partial charge in [-0.25, -0.2) is 4.79 Å². The van der Waals surface area contributed by atoms with E-state index in [2.05, 4.69) is 0 Å². The molecule has 2 rings (SSSR count). The second-order valence-electron chi connectivity index (χ2n) is 6.21. The zero-order chi connectivity index (χ0) is 14.2. The Labute approximate surface area is 112 Å². The molecule has 6 nitrogen and oxygen atoms in total. The predicted octanol–water partition coefficient (Wildman–Crippen LogP) is 1.34. The van der Waals surface area contributed by atoms with Gasteiger partial charge >= 0.3 is 12.1 Å². The molecule has 1 N–H and O–H groups in total. The van der Waals surface area contributed by atoms with E-state index in [-0.39, 0.29) is 18.6 Å². The maximum atomic E-state index is 12.0. The molecule has 0 saturated carbocycles. The minimum Gasteiger partial charge on any atom is -0.481 e. The van der Waals surface area contributed by atoms with Gasteiger partial charge in [0.1, 0.15) is 11.5 Å². The number of carbonyl (C=O) groups is 2. The molecule has 0 radical (unpaired) electrons. The molecule has 3 atom stereocenters. The van der Waals surface area contributed by atoms with Crippen LogP contribution in [-0.2, 0) is 14.3 Å². The highest BCUT2D eigenvalue weighted by molar-refractivity contribution is 5.74. The van der Waals surface area contributed by atoms with Crippen LogP contribution in [0.3, 0.4) is 0 Å². The van der Waals surface area contributed by atoms with Gasteiger partial charge in [-0.2, -0.15) is 0 Å². The molecule has 0 spiro atoms. The number of ether oxygens (including phenoxy) is 2. The summed E-state index contributed by atoms with van der Waals surface area (Å²) in [6.07, 6.45) is 0.0913. The number of nitrogens with zero attached hydrogens (tertiary/aromatic N) is 1. The van der Waals surface area contributed by atoms with Gasteiger partial charge < -0.3 is 19.5 Å². The highest BCUT2D eigenvalue weighted by Crippen LogP contribution is 2.33. The average Bonchev–Trinajstić information content (AvgIpc) is 2.72. The molecule has 2 fully saturated rings. The van der Waals surface area contributed by atoms with Gasteiger partial charge in [0, 0.05) is 25.6 Å². The number of carboxylic acid groups (broad SMARTS) is 1. The van der Waals surface area contributed by atoms with Gasteiger partial charge in [0.15, 0.2) is 0 Å². The Balaban J connectivity index is 2.07. The molecule has 0 aromatic heterocycles. The van der Waals surface area contributed by atoms with Gasteiger partial charge in [-0.05, 0) is 27.2 Å². The van der Waals surface area contributed by atoms with Crippen molar-refractivity contribution >= 4 is 12.1 Å². The van der Waals surface area contributed by atoms with Crippen molar-refractivity contribution in [1.82, 2.24) is 4.90 Å². The lowest BCUT2D eigenvalue weighted by Gasteiger charge is -2.38. The van der Waals surface area contributed by atoms with Crippen LogP contribution in [0.25, 0.3) is 0 Å². The van der Waals surface area contributed by atoms with Crippen LogP contribution in [-0.4, -0.2) is 53.5 Å². The summed E-state index contributed by atoms with van der Waals surface area (Å²) in [5, 5.41) is 9.26. The maximum Gasteiger partial charge on any atom is 0.410 e. The van der Waals surface area contributed by atoms with Crippen molar-refractivity contribution < 1.29 is 24.2 Å². The molecule has 19 heavy (non-hydrogen) atoms. The number of hydrogen-bond acceptors (Lipinski definition) is 4. The van der Waals surface area contributed by atoms with Crippen LogP contribution >= 0.6 is 0 Å². The van der Waals surface area contributed by atoms with Crippen LogP contribution in [0.5, 0.6) is 0 Å². The average molecular weight is 271 g/mol. The van der Waals surface area contributed by atoms with Crippen molar-refractivity contribution in [3.8, 4) is 0 Å². The minimum atomic E-state index is -0.912. The first kappa shape index (κ1) is 14.1. The largest absolute Gasteiger partial charge is 0.481 e. The van der Waals surface area contributed by atoms with E-state index < -0.39 is 23.6 Å². The van der Waals surface area contributed by atoms with Crippen molar-refractivity contribution in [1.29, 1.82) is 0 Å². The monoisotopic (exact) mass is 271 g/mol. The van der Waals surface area contributed by atoms with E-state index in [1.165, 1.54) is 4.90 Å². The van der Waals surface area contributed by atoms with Crippen LogP contribution < -0.4 is 0 Å². The zero-order valence-corrected chi connectivity index (χ0v) is 11.6. The third-order valence-electron chi connectivity index (χ3n) is 3.50. The number of rotatable bonds is 1. The van der Waals surface area contributed by atoms with E-state index in [0.29, 0.717) is 13.2 Å². The van der Waals surface area contributed by atoms with Gasteiger partial charge in [-0.15, -0.1) is 0 Å². The Hall–Kier alpha value is -1.30. The summed E-state index contributed by atoms with van der Waals surface area (Å²) < 4.78 is 10.8. The molecular formula is C13H21NO5. The van der Waals surface area contributed by atoms with Gasteiger partial charge in [-0.1, -0.05) is 0 Å². The number of carbonyl (C=O) groups excluding carboxylic acids is 1. The SMILES string of the molecule is CC(C)(C)OC(=O)N1C[C@@H]2CCO[C@H]2[C@H](C(=O)O)C1. The third-order valence-corrected chi connectivity index (χ3v) is 3.50. The fourth-order valence-corrected chi connectivity index (χ4v) is 2.69. The summed E-state index contributed by atoms with van der Waals surface area (Å²) in [7, 11) is 0. The Morgan fingerprint density at radius 3 is 2.58 bits per heavy atom. The summed E-state index contributed by atoms with van der Waals surface area (Å²) in [4.78, 5) is 24.8. The molecule has 0 aromatic carbocycles. The van der Waals surface area contributed by atoms with E-state index in [9.17, 15) is 14.7 Å². The molecule has 1 amide bonds. The van der Waals surface area contributed by atoms with Gasteiger partial charge in [-0.3, -0.25) is 4.79 Å². The molecule has 2 heterocycles. The van der Waals surface area contributed by atoms with E-state index >= 15 is 0 Å².